The van der Waals surface area contributed by atoms with Crippen molar-refractivity contribution in [3.8, 4) is 26.7 Å². The molecule has 1 aliphatic rings. The van der Waals surface area contributed by atoms with Crippen LogP contribution in [0.4, 0.5) is 0 Å². The maximum atomic E-state index is 12.0. The standard InChI is InChI=1S/C28H30ClN3OS2/c1-19-8-6-9-20(2)31(19)18-22-17-26(32(30-22)25-13-5-4-12-24(25)29)28-15-14-27(34-28)21-10-7-11-23(16-21)35(3)33/h4-5,7,10-17,19-20H,6,8-9,18H2,1-3H3/t19-,20+,35?. The molecule has 4 aromatic rings. The summed E-state index contributed by atoms with van der Waals surface area (Å²) in [6.07, 6.45) is 5.48. The van der Waals surface area contributed by atoms with Gasteiger partial charge in [0.1, 0.15) is 0 Å². The van der Waals surface area contributed by atoms with Crippen molar-refractivity contribution in [3.05, 3.63) is 77.4 Å². The molecule has 3 heterocycles. The maximum Gasteiger partial charge on any atom is 0.0844 e. The average molecular weight is 524 g/mol. The van der Waals surface area contributed by atoms with Crippen molar-refractivity contribution in [2.45, 2.75) is 56.6 Å². The zero-order valence-corrected chi connectivity index (χ0v) is 22.7. The zero-order valence-electron chi connectivity index (χ0n) is 20.3. The number of aromatic nitrogens is 2. The van der Waals surface area contributed by atoms with Gasteiger partial charge in [-0.25, -0.2) is 4.68 Å². The van der Waals surface area contributed by atoms with Crippen molar-refractivity contribution in [1.29, 1.82) is 0 Å². The van der Waals surface area contributed by atoms with Crippen molar-refractivity contribution < 1.29 is 4.21 Å². The average Bonchev–Trinajstić information content (AvgIpc) is 3.49. The molecule has 1 saturated heterocycles. The number of halogens is 1. The largest absolute Gasteiger partial charge is 0.292 e. The Labute approximate surface area is 219 Å². The Morgan fingerprint density at radius 1 is 1.00 bits per heavy atom. The minimum absolute atomic E-state index is 0.553. The molecule has 1 aliphatic heterocycles. The van der Waals surface area contributed by atoms with Gasteiger partial charge in [0.25, 0.3) is 0 Å². The third-order valence-corrected chi connectivity index (χ3v) is 9.26. The van der Waals surface area contributed by atoms with Gasteiger partial charge in [-0.2, -0.15) is 5.10 Å². The van der Waals surface area contributed by atoms with E-state index in [-0.39, 0.29) is 0 Å². The van der Waals surface area contributed by atoms with E-state index in [1.807, 2.05) is 47.1 Å². The van der Waals surface area contributed by atoms with Crippen molar-refractivity contribution in [2.75, 3.05) is 6.26 Å². The fourth-order valence-electron chi connectivity index (χ4n) is 4.92. The molecule has 7 heteroatoms. The molecule has 0 amide bonds. The molecule has 2 aromatic heterocycles. The van der Waals surface area contributed by atoms with Crippen LogP contribution in [0, 0.1) is 0 Å². The number of likely N-dealkylation sites (tertiary alicyclic amines) is 1. The van der Waals surface area contributed by atoms with Crippen LogP contribution in [0.1, 0.15) is 38.8 Å². The van der Waals surface area contributed by atoms with Crippen LogP contribution < -0.4 is 0 Å². The number of hydrogen-bond donors (Lipinski definition) is 0. The summed E-state index contributed by atoms with van der Waals surface area (Å²) in [6.45, 7) is 5.48. The summed E-state index contributed by atoms with van der Waals surface area (Å²) in [5.41, 5.74) is 4.05. The van der Waals surface area contributed by atoms with Gasteiger partial charge in [-0.1, -0.05) is 42.3 Å². The molecule has 4 nitrogen and oxygen atoms in total. The number of nitrogens with zero attached hydrogens (tertiary/aromatic N) is 3. The molecule has 0 saturated carbocycles. The summed E-state index contributed by atoms with van der Waals surface area (Å²) in [7, 11) is -1.01. The topological polar surface area (TPSA) is 38.1 Å². The minimum atomic E-state index is -1.01. The molecule has 182 valence electrons. The first kappa shape index (κ1) is 24.4. The maximum absolute atomic E-state index is 12.0. The molecule has 5 rings (SSSR count). The molecule has 3 atom stereocenters. The molecule has 2 aromatic carbocycles. The van der Waals surface area contributed by atoms with Crippen LogP contribution in [-0.4, -0.2) is 37.2 Å². The lowest BCUT2D eigenvalue weighted by atomic mass is 9.97. The lowest BCUT2D eigenvalue weighted by molar-refractivity contribution is 0.0937. The van der Waals surface area contributed by atoms with Gasteiger partial charge in [-0.05, 0) is 74.7 Å². The van der Waals surface area contributed by atoms with Crippen molar-refractivity contribution in [1.82, 2.24) is 14.7 Å². The Morgan fingerprint density at radius 2 is 1.74 bits per heavy atom. The second kappa shape index (κ2) is 10.4. The molecular formula is C28H30ClN3OS2. The van der Waals surface area contributed by atoms with Crippen LogP contribution >= 0.6 is 22.9 Å². The van der Waals surface area contributed by atoms with E-state index in [0.29, 0.717) is 17.1 Å². The van der Waals surface area contributed by atoms with Gasteiger partial charge in [0, 0.05) is 45.5 Å². The number of piperidine rings is 1. The first-order valence-electron chi connectivity index (χ1n) is 12.0. The summed E-state index contributed by atoms with van der Waals surface area (Å²) in [5, 5.41) is 5.74. The predicted molar refractivity (Wildman–Crippen MR) is 148 cm³/mol. The highest BCUT2D eigenvalue weighted by molar-refractivity contribution is 7.84. The molecule has 0 spiro atoms. The van der Waals surface area contributed by atoms with E-state index >= 15 is 0 Å². The molecule has 0 radical (unpaired) electrons. The second-order valence-corrected chi connectivity index (χ2v) is 12.2. The third kappa shape index (κ3) is 5.17. The first-order chi connectivity index (χ1) is 16.9. The number of rotatable bonds is 6. The SMILES string of the molecule is C[C@@H]1CCC[C@H](C)N1Cc1cc(-c2ccc(-c3cccc(S(C)=O)c3)s2)n(-c2ccccc2Cl)n1. The van der Waals surface area contributed by atoms with E-state index in [1.54, 1.807) is 17.6 Å². The zero-order chi connectivity index (χ0) is 24.5. The van der Waals surface area contributed by atoms with Gasteiger partial charge in [0.15, 0.2) is 0 Å². The number of benzene rings is 2. The van der Waals surface area contributed by atoms with E-state index in [9.17, 15) is 4.21 Å². The normalized spacial score (nSPS) is 19.7. The van der Waals surface area contributed by atoms with Crippen LogP contribution in [0.2, 0.25) is 5.02 Å². The van der Waals surface area contributed by atoms with Gasteiger partial charge in [-0.15, -0.1) is 11.3 Å². The summed E-state index contributed by atoms with van der Waals surface area (Å²) >= 11 is 8.34. The highest BCUT2D eigenvalue weighted by Crippen LogP contribution is 2.37. The smallest absolute Gasteiger partial charge is 0.0844 e. The van der Waals surface area contributed by atoms with Gasteiger partial charge in [0.05, 0.1) is 27.0 Å². The quantitative estimate of drug-likeness (QED) is 0.264. The van der Waals surface area contributed by atoms with E-state index < -0.39 is 10.8 Å². The Hall–Kier alpha value is -2.25. The van der Waals surface area contributed by atoms with E-state index in [0.717, 1.165) is 43.8 Å². The monoisotopic (exact) mass is 523 g/mol. The van der Waals surface area contributed by atoms with E-state index in [1.165, 1.54) is 19.3 Å². The Kier molecular flexibility index (Phi) is 7.26. The van der Waals surface area contributed by atoms with E-state index in [2.05, 4.69) is 43.0 Å². The first-order valence-corrected chi connectivity index (χ1v) is 14.8. The highest BCUT2D eigenvalue weighted by Gasteiger charge is 2.26. The van der Waals surface area contributed by atoms with Crippen LogP contribution in [0.25, 0.3) is 26.7 Å². The second-order valence-electron chi connectivity index (χ2n) is 9.33. The number of para-hydroxylation sites is 1. The predicted octanol–water partition coefficient (Wildman–Crippen LogP) is 7.42. The van der Waals surface area contributed by atoms with Gasteiger partial charge < -0.3 is 0 Å². The highest BCUT2D eigenvalue weighted by atomic mass is 35.5. The minimum Gasteiger partial charge on any atom is -0.292 e. The van der Waals surface area contributed by atoms with Gasteiger partial charge in [-0.3, -0.25) is 9.11 Å². The van der Waals surface area contributed by atoms with Crippen LogP contribution in [0.5, 0.6) is 0 Å². The van der Waals surface area contributed by atoms with Crippen molar-refractivity contribution >= 4 is 33.7 Å². The van der Waals surface area contributed by atoms with Crippen LogP contribution in [0.3, 0.4) is 0 Å². The summed E-state index contributed by atoms with van der Waals surface area (Å²) < 4.78 is 14.0. The van der Waals surface area contributed by atoms with Crippen molar-refractivity contribution in [2.24, 2.45) is 0 Å². The summed E-state index contributed by atoms with van der Waals surface area (Å²) in [4.78, 5) is 5.68. The molecule has 1 fully saturated rings. The van der Waals surface area contributed by atoms with Gasteiger partial charge >= 0.3 is 0 Å². The van der Waals surface area contributed by atoms with E-state index in [4.69, 9.17) is 16.7 Å². The molecule has 0 aliphatic carbocycles. The van der Waals surface area contributed by atoms with Gasteiger partial charge in [0.2, 0.25) is 0 Å². The molecule has 35 heavy (non-hydrogen) atoms. The number of hydrogen-bond acceptors (Lipinski definition) is 4. The molecule has 0 N–H and O–H groups in total. The Balaban J connectivity index is 1.55. The Morgan fingerprint density at radius 3 is 2.49 bits per heavy atom. The molecule has 1 unspecified atom stereocenters. The fraction of sp³-hybridized carbons (Fsp3) is 0.321. The third-order valence-electron chi connectivity index (χ3n) is 6.87. The van der Waals surface area contributed by atoms with Crippen LogP contribution in [0.15, 0.2) is 71.6 Å². The molecular weight excluding hydrogens is 494 g/mol. The summed E-state index contributed by atoms with van der Waals surface area (Å²) in [6, 6.07) is 23.4. The fourth-order valence-corrected chi connectivity index (χ4v) is 6.71. The lowest BCUT2D eigenvalue weighted by Crippen LogP contribution is -2.43. The van der Waals surface area contributed by atoms with Crippen LogP contribution in [-0.2, 0) is 17.3 Å². The number of thiophene rings is 1. The van der Waals surface area contributed by atoms with Crippen molar-refractivity contribution in [3.63, 3.8) is 0 Å². The molecule has 0 bridgehead atoms. The summed E-state index contributed by atoms with van der Waals surface area (Å²) in [5.74, 6) is 0. The Bertz CT molecular complexity index is 1350. The lowest BCUT2D eigenvalue weighted by Gasteiger charge is -2.38.